The Labute approximate surface area is 146 Å². The van der Waals surface area contributed by atoms with Crippen LogP contribution in [0.25, 0.3) is 5.69 Å². The van der Waals surface area contributed by atoms with Gasteiger partial charge >= 0.3 is 0 Å². The van der Waals surface area contributed by atoms with Crippen LogP contribution in [0.2, 0.25) is 0 Å². The number of benzene rings is 2. The number of halogens is 2. The lowest BCUT2D eigenvalue weighted by atomic mass is 10.2. The van der Waals surface area contributed by atoms with E-state index in [0.717, 1.165) is 28.9 Å². The van der Waals surface area contributed by atoms with Crippen LogP contribution in [0.1, 0.15) is 10.5 Å². The zero-order valence-corrected chi connectivity index (χ0v) is 13.6. The van der Waals surface area contributed by atoms with E-state index in [0.29, 0.717) is 5.69 Å². The summed E-state index contributed by atoms with van der Waals surface area (Å²) < 4.78 is 33.1. The zero-order valence-electron chi connectivity index (χ0n) is 13.6. The molecule has 0 unspecified atom stereocenters. The van der Waals surface area contributed by atoms with Crippen molar-refractivity contribution in [1.29, 1.82) is 0 Å². The summed E-state index contributed by atoms with van der Waals surface area (Å²) in [6, 6.07) is 12.2. The molecular formula is C18H13F2N3O3. The minimum Gasteiger partial charge on any atom is -0.494 e. The number of carbonyl (C=O) groups excluding carboxylic acids is 1. The number of nitrogens with zero attached hydrogens (tertiary/aromatic N) is 2. The largest absolute Gasteiger partial charge is 0.494 e. The van der Waals surface area contributed by atoms with Crippen molar-refractivity contribution in [1.82, 2.24) is 9.78 Å². The lowest BCUT2D eigenvalue weighted by Crippen LogP contribution is -2.26. The van der Waals surface area contributed by atoms with Gasteiger partial charge in [0.05, 0.1) is 24.6 Å². The molecule has 132 valence electrons. The second kappa shape index (κ2) is 7.14. The number of methoxy groups -OCH3 is 1. The number of anilines is 1. The Bertz CT molecular complexity index is 1020. The summed E-state index contributed by atoms with van der Waals surface area (Å²) in [7, 11) is 1.27. The molecule has 3 rings (SSSR count). The van der Waals surface area contributed by atoms with Crippen LogP contribution in [-0.2, 0) is 0 Å². The van der Waals surface area contributed by atoms with E-state index in [1.807, 2.05) is 0 Å². The molecule has 0 fully saturated rings. The van der Waals surface area contributed by atoms with Gasteiger partial charge in [0.1, 0.15) is 11.6 Å². The van der Waals surface area contributed by atoms with Crippen molar-refractivity contribution in [3.05, 3.63) is 82.3 Å². The van der Waals surface area contributed by atoms with Crippen LogP contribution in [0.5, 0.6) is 5.75 Å². The highest BCUT2D eigenvalue weighted by Gasteiger charge is 2.19. The van der Waals surface area contributed by atoms with Crippen LogP contribution in [-0.4, -0.2) is 22.8 Å². The second-order valence-electron chi connectivity index (χ2n) is 5.23. The van der Waals surface area contributed by atoms with Crippen molar-refractivity contribution in [3.8, 4) is 11.4 Å². The molecule has 0 bridgehead atoms. The number of hydrogen-bond acceptors (Lipinski definition) is 4. The Balaban J connectivity index is 2.04. The van der Waals surface area contributed by atoms with E-state index in [4.69, 9.17) is 4.74 Å². The Kier molecular flexibility index (Phi) is 4.74. The van der Waals surface area contributed by atoms with E-state index < -0.39 is 23.1 Å². The first-order valence-corrected chi connectivity index (χ1v) is 7.50. The SMILES string of the molecule is COc1cc(=O)n(-c2ccccc2)nc1C(=O)Nc1cc(F)ccc1F. The maximum Gasteiger partial charge on any atom is 0.280 e. The first-order valence-electron chi connectivity index (χ1n) is 7.50. The normalized spacial score (nSPS) is 10.4. The average molecular weight is 357 g/mol. The maximum atomic E-state index is 13.7. The second-order valence-corrected chi connectivity index (χ2v) is 5.23. The molecule has 1 amide bonds. The number of ether oxygens (including phenoxy) is 1. The van der Waals surface area contributed by atoms with Gasteiger partial charge in [0.25, 0.3) is 11.5 Å². The van der Waals surface area contributed by atoms with E-state index in [2.05, 4.69) is 10.4 Å². The molecule has 0 aliphatic carbocycles. The minimum absolute atomic E-state index is 0.0866. The van der Waals surface area contributed by atoms with Gasteiger partial charge in [0, 0.05) is 6.07 Å². The van der Waals surface area contributed by atoms with E-state index in [1.54, 1.807) is 30.3 Å². The lowest BCUT2D eigenvalue weighted by Gasteiger charge is -2.11. The molecule has 0 saturated carbocycles. The van der Waals surface area contributed by atoms with Gasteiger partial charge in [-0.1, -0.05) is 18.2 Å². The van der Waals surface area contributed by atoms with Gasteiger partial charge in [-0.15, -0.1) is 0 Å². The van der Waals surface area contributed by atoms with E-state index in [9.17, 15) is 18.4 Å². The molecule has 0 aliphatic rings. The average Bonchev–Trinajstić information content (AvgIpc) is 2.65. The van der Waals surface area contributed by atoms with Crippen molar-refractivity contribution >= 4 is 11.6 Å². The van der Waals surface area contributed by atoms with Gasteiger partial charge in [-0.3, -0.25) is 9.59 Å². The van der Waals surface area contributed by atoms with Crippen molar-refractivity contribution < 1.29 is 18.3 Å². The molecular weight excluding hydrogens is 344 g/mol. The molecule has 0 spiro atoms. The molecule has 1 heterocycles. The molecule has 0 atom stereocenters. The van der Waals surface area contributed by atoms with Gasteiger partial charge in [0.2, 0.25) is 0 Å². The van der Waals surface area contributed by atoms with Gasteiger partial charge in [-0.05, 0) is 24.3 Å². The summed E-state index contributed by atoms with van der Waals surface area (Å²) in [6.07, 6.45) is 0. The third kappa shape index (κ3) is 3.44. The number of aromatic nitrogens is 2. The molecule has 0 aliphatic heterocycles. The van der Waals surface area contributed by atoms with Crippen LogP contribution in [0.15, 0.2) is 59.4 Å². The summed E-state index contributed by atoms with van der Waals surface area (Å²) in [4.78, 5) is 24.7. The Morgan fingerprint density at radius 3 is 2.54 bits per heavy atom. The summed E-state index contributed by atoms with van der Waals surface area (Å²) in [5, 5.41) is 6.24. The number of nitrogens with one attached hydrogen (secondary N) is 1. The molecule has 2 aromatic carbocycles. The van der Waals surface area contributed by atoms with Crippen LogP contribution in [0.3, 0.4) is 0 Å². The summed E-state index contributed by atoms with van der Waals surface area (Å²) in [5.41, 5.74) is -0.677. The van der Waals surface area contributed by atoms with Crippen LogP contribution >= 0.6 is 0 Å². The monoisotopic (exact) mass is 357 g/mol. The summed E-state index contributed by atoms with van der Waals surface area (Å²) in [5.74, 6) is -2.46. The van der Waals surface area contributed by atoms with E-state index >= 15 is 0 Å². The van der Waals surface area contributed by atoms with Crippen LogP contribution in [0.4, 0.5) is 14.5 Å². The van der Waals surface area contributed by atoms with Crippen molar-refractivity contribution in [2.24, 2.45) is 0 Å². The lowest BCUT2D eigenvalue weighted by molar-refractivity contribution is 0.101. The molecule has 1 N–H and O–H groups in total. The molecule has 6 nitrogen and oxygen atoms in total. The number of rotatable bonds is 4. The fraction of sp³-hybridized carbons (Fsp3) is 0.0556. The van der Waals surface area contributed by atoms with Gasteiger partial charge in [0.15, 0.2) is 11.4 Å². The first-order chi connectivity index (χ1) is 12.5. The molecule has 3 aromatic rings. The number of para-hydroxylation sites is 1. The number of amides is 1. The Hall–Kier alpha value is -3.55. The standard InChI is InChI=1S/C18H13F2N3O3/c1-26-15-10-16(24)23(12-5-3-2-4-6-12)22-17(15)18(25)21-14-9-11(19)7-8-13(14)20/h2-10H,1H3,(H,21,25). The third-order valence-corrected chi connectivity index (χ3v) is 3.51. The molecule has 8 heteroatoms. The minimum atomic E-state index is -0.851. The predicted octanol–water partition coefficient (Wildman–Crippen LogP) is 2.77. The fourth-order valence-corrected chi connectivity index (χ4v) is 2.28. The predicted molar refractivity (Wildman–Crippen MR) is 90.7 cm³/mol. The molecule has 0 saturated heterocycles. The number of hydrogen-bond donors (Lipinski definition) is 1. The number of carbonyl (C=O) groups is 1. The van der Waals surface area contributed by atoms with E-state index in [-0.39, 0.29) is 17.1 Å². The molecule has 26 heavy (non-hydrogen) atoms. The summed E-state index contributed by atoms with van der Waals surface area (Å²) in [6.45, 7) is 0. The van der Waals surface area contributed by atoms with Gasteiger partial charge in [-0.25, -0.2) is 8.78 Å². The third-order valence-electron chi connectivity index (χ3n) is 3.51. The fourth-order valence-electron chi connectivity index (χ4n) is 2.28. The smallest absolute Gasteiger partial charge is 0.280 e. The Morgan fingerprint density at radius 1 is 1.12 bits per heavy atom. The quantitative estimate of drug-likeness (QED) is 0.779. The van der Waals surface area contributed by atoms with Crippen LogP contribution in [0, 0.1) is 11.6 Å². The van der Waals surface area contributed by atoms with Gasteiger partial charge < -0.3 is 10.1 Å². The van der Waals surface area contributed by atoms with E-state index in [1.165, 1.54) is 7.11 Å². The van der Waals surface area contributed by atoms with Crippen molar-refractivity contribution in [2.45, 2.75) is 0 Å². The van der Waals surface area contributed by atoms with Gasteiger partial charge in [-0.2, -0.15) is 9.78 Å². The highest BCUT2D eigenvalue weighted by atomic mass is 19.1. The van der Waals surface area contributed by atoms with Crippen LogP contribution < -0.4 is 15.6 Å². The highest BCUT2D eigenvalue weighted by molar-refractivity contribution is 6.04. The Morgan fingerprint density at radius 2 is 1.85 bits per heavy atom. The first kappa shape index (κ1) is 17.3. The van der Waals surface area contributed by atoms with Crippen molar-refractivity contribution in [3.63, 3.8) is 0 Å². The maximum absolute atomic E-state index is 13.7. The van der Waals surface area contributed by atoms with Crippen molar-refractivity contribution in [2.75, 3.05) is 12.4 Å². The summed E-state index contributed by atoms with van der Waals surface area (Å²) >= 11 is 0. The zero-order chi connectivity index (χ0) is 18.7. The molecule has 1 aromatic heterocycles. The topological polar surface area (TPSA) is 73.2 Å². The highest BCUT2D eigenvalue weighted by Crippen LogP contribution is 2.19. The molecule has 0 radical (unpaired) electrons.